The molecule has 0 spiro atoms. The number of carbonyl (C=O) groups is 1. The van der Waals surface area contributed by atoms with E-state index in [-0.39, 0.29) is 5.91 Å². The molecule has 2 heterocycles. The molecule has 1 atom stereocenters. The van der Waals surface area contributed by atoms with Gasteiger partial charge in [0.1, 0.15) is 0 Å². The highest BCUT2D eigenvalue weighted by Gasteiger charge is 2.20. The number of aromatic nitrogens is 1. The number of hydrogen-bond acceptors (Lipinski definition) is 3. The maximum atomic E-state index is 12.2. The molecule has 1 unspecified atom stereocenters. The van der Waals surface area contributed by atoms with E-state index in [1.54, 1.807) is 12.4 Å². The Kier molecular flexibility index (Phi) is 4.70. The van der Waals surface area contributed by atoms with Gasteiger partial charge in [0, 0.05) is 25.5 Å². The van der Waals surface area contributed by atoms with E-state index in [0.717, 1.165) is 37.9 Å². The van der Waals surface area contributed by atoms with Crippen LogP contribution in [0.15, 0.2) is 24.5 Å². The summed E-state index contributed by atoms with van der Waals surface area (Å²) in [5.41, 5.74) is 1.04. The first-order valence-electron chi connectivity index (χ1n) is 6.62. The van der Waals surface area contributed by atoms with Gasteiger partial charge in [-0.1, -0.05) is 0 Å². The number of nitrogens with zero attached hydrogens (tertiary/aromatic N) is 2. The van der Waals surface area contributed by atoms with Crippen LogP contribution in [0.25, 0.3) is 0 Å². The second-order valence-electron chi connectivity index (χ2n) is 4.87. The maximum absolute atomic E-state index is 12.2. The third-order valence-electron chi connectivity index (χ3n) is 3.59. The van der Waals surface area contributed by atoms with Crippen LogP contribution < -0.4 is 5.32 Å². The Morgan fingerprint density at radius 3 is 2.94 bits per heavy atom. The van der Waals surface area contributed by atoms with Gasteiger partial charge in [0.25, 0.3) is 0 Å². The van der Waals surface area contributed by atoms with Crippen molar-refractivity contribution in [3.8, 4) is 0 Å². The second kappa shape index (κ2) is 6.50. The van der Waals surface area contributed by atoms with Gasteiger partial charge in [0.15, 0.2) is 0 Å². The number of carbonyl (C=O) groups excluding carboxylic acids is 1. The summed E-state index contributed by atoms with van der Waals surface area (Å²) in [4.78, 5) is 18.1. The Morgan fingerprint density at radius 2 is 2.17 bits per heavy atom. The van der Waals surface area contributed by atoms with Crippen LogP contribution in [0.2, 0.25) is 0 Å². The van der Waals surface area contributed by atoms with Gasteiger partial charge in [0.2, 0.25) is 5.91 Å². The zero-order chi connectivity index (χ0) is 12.8. The van der Waals surface area contributed by atoms with E-state index in [1.165, 1.54) is 0 Å². The molecule has 0 saturated carbocycles. The molecule has 1 N–H and O–H groups in total. The highest BCUT2D eigenvalue weighted by Crippen LogP contribution is 2.13. The van der Waals surface area contributed by atoms with Gasteiger partial charge >= 0.3 is 0 Å². The molecular formula is C14H21N3O. The fraction of sp³-hybridized carbons (Fsp3) is 0.571. The maximum Gasteiger partial charge on any atom is 0.226 e. The summed E-state index contributed by atoms with van der Waals surface area (Å²) in [6, 6.07) is 4.19. The minimum absolute atomic E-state index is 0.202. The lowest BCUT2D eigenvalue weighted by Gasteiger charge is -2.27. The lowest BCUT2D eigenvalue weighted by molar-refractivity contribution is -0.131. The summed E-state index contributed by atoms with van der Waals surface area (Å²) in [6.07, 6.45) is 7.25. The number of likely N-dealkylation sites (N-methyl/N-ethyl adjacent to an activating group) is 1. The zero-order valence-electron chi connectivity index (χ0n) is 10.9. The minimum atomic E-state index is 0.202. The summed E-state index contributed by atoms with van der Waals surface area (Å²) in [5.74, 6) is 0.202. The standard InChI is InChI=1S/C14H21N3O/c1-17(13-3-2-7-15-10-6-13)14(18)11-12-4-8-16-9-5-12/h4-5,8-9,13,15H,2-3,6-7,10-11H2,1H3. The second-order valence-corrected chi connectivity index (χ2v) is 4.87. The smallest absolute Gasteiger partial charge is 0.226 e. The Morgan fingerprint density at radius 1 is 1.39 bits per heavy atom. The highest BCUT2D eigenvalue weighted by atomic mass is 16.2. The molecular weight excluding hydrogens is 226 g/mol. The number of amides is 1. The van der Waals surface area contributed by atoms with E-state index in [0.29, 0.717) is 12.5 Å². The zero-order valence-corrected chi connectivity index (χ0v) is 10.9. The molecule has 98 valence electrons. The van der Waals surface area contributed by atoms with Crippen LogP contribution in [0.3, 0.4) is 0 Å². The Labute approximate surface area is 108 Å². The van der Waals surface area contributed by atoms with E-state index < -0.39 is 0 Å². The Bertz CT molecular complexity index is 372. The summed E-state index contributed by atoms with van der Waals surface area (Å²) in [5, 5.41) is 3.37. The van der Waals surface area contributed by atoms with Gasteiger partial charge in [-0.15, -0.1) is 0 Å². The largest absolute Gasteiger partial charge is 0.342 e. The van der Waals surface area contributed by atoms with Gasteiger partial charge in [0.05, 0.1) is 6.42 Å². The van der Waals surface area contributed by atoms with Gasteiger partial charge < -0.3 is 10.2 Å². The average molecular weight is 247 g/mol. The summed E-state index contributed by atoms with van der Waals surface area (Å²) in [6.45, 7) is 2.08. The van der Waals surface area contributed by atoms with Crippen LogP contribution >= 0.6 is 0 Å². The fourth-order valence-corrected chi connectivity index (χ4v) is 2.39. The lowest BCUT2D eigenvalue weighted by Crippen LogP contribution is -2.38. The molecule has 4 heteroatoms. The normalized spacial score (nSPS) is 20.2. The molecule has 4 nitrogen and oxygen atoms in total. The molecule has 2 rings (SSSR count). The van der Waals surface area contributed by atoms with Crippen LogP contribution in [0, 0.1) is 0 Å². The predicted molar refractivity (Wildman–Crippen MR) is 71.2 cm³/mol. The third kappa shape index (κ3) is 3.53. The van der Waals surface area contributed by atoms with Gasteiger partial charge in [-0.05, 0) is 50.0 Å². The SMILES string of the molecule is CN(C(=O)Cc1ccncc1)C1CCCNCC1. The first-order chi connectivity index (χ1) is 8.77. The van der Waals surface area contributed by atoms with Crippen LogP contribution in [0.4, 0.5) is 0 Å². The molecule has 1 aromatic heterocycles. The van der Waals surface area contributed by atoms with Crippen molar-refractivity contribution in [3.05, 3.63) is 30.1 Å². The van der Waals surface area contributed by atoms with E-state index in [9.17, 15) is 4.79 Å². The molecule has 1 aromatic rings. The van der Waals surface area contributed by atoms with Gasteiger partial charge in [-0.3, -0.25) is 9.78 Å². The van der Waals surface area contributed by atoms with Crippen molar-refractivity contribution in [2.45, 2.75) is 31.7 Å². The van der Waals surface area contributed by atoms with Crippen LogP contribution in [-0.2, 0) is 11.2 Å². The first-order valence-corrected chi connectivity index (χ1v) is 6.62. The van der Waals surface area contributed by atoms with Crippen molar-refractivity contribution in [2.75, 3.05) is 20.1 Å². The number of pyridine rings is 1. The Balaban J connectivity index is 1.91. The minimum Gasteiger partial charge on any atom is -0.342 e. The lowest BCUT2D eigenvalue weighted by atomic mass is 10.1. The van der Waals surface area contributed by atoms with Crippen LogP contribution in [-0.4, -0.2) is 42.0 Å². The van der Waals surface area contributed by atoms with E-state index >= 15 is 0 Å². The summed E-state index contributed by atoms with van der Waals surface area (Å²) in [7, 11) is 1.93. The molecule has 1 amide bonds. The molecule has 1 aliphatic heterocycles. The van der Waals surface area contributed by atoms with E-state index in [1.807, 2.05) is 24.1 Å². The van der Waals surface area contributed by atoms with Crippen molar-refractivity contribution in [1.82, 2.24) is 15.2 Å². The molecule has 1 aliphatic rings. The van der Waals surface area contributed by atoms with Crippen molar-refractivity contribution in [2.24, 2.45) is 0 Å². The topological polar surface area (TPSA) is 45.2 Å². The number of nitrogens with one attached hydrogen (secondary N) is 1. The average Bonchev–Trinajstić information content (AvgIpc) is 2.68. The summed E-state index contributed by atoms with van der Waals surface area (Å²) < 4.78 is 0. The number of hydrogen-bond donors (Lipinski definition) is 1. The van der Waals surface area contributed by atoms with Gasteiger partial charge in [-0.25, -0.2) is 0 Å². The molecule has 0 radical (unpaired) electrons. The van der Waals surface area contributed by atoms with Gasteiger partial charge in [-0.2, -0.15) is 0 Å². The number of rotatable bonds is 3. The fourth-order valence-electron chi connectivity index (χ4n) is 2.39. The highest BCUT2D eigenvalue weighted by molar-refractivity contribution is 5.78. The van der Waals surface area contributed by atoms with Crippen molar-refractivity contribution < 1.29 is 4.79 Å². The van der Waals surface area contributed by atoms with Crippen molar-refractivity contribution in [3.63, 3.8) is 0 Å². The molecule has 0 aliphatic carbocycles. The van der Waals surface area contributed by atoms with E-state index in [4.69, 9.17) is 0 Å². The van der Waals surface area contributed by atoms with Crippen molar-refractivity contribution in [1.29, 1.82) is 0 Å². The van der Waals surface area contributed by atoms with Crippen LogP contribution in [0.5, 0.6) is 0 Å². The molecule has 1 saturated heterocycles. The molecule has 0 bridgehead atoms. The first kappa shape index (κ1) is 13.0. The third-order valence-corrected chi connectivity index (χ3v) is 3.59. The summed E-state index contributed by atoms with van der Waals surface area (Å²) >= 11 is 0. The quantitative estimate of drug-likeness (QED) is 0.873. The monoisotopic (exact) mass is 247 g/mol. The molecule has 18 heavy (non-hydrogen) atoms. The van der Waals surface area contributed by atoms with Crippen LogP contribution in [0.1, 0.15) is 24.8 Å². The predicted octanol–water partition coefficient (Wildman–Crippen LogP) is 1.22. The van der Waals surface area contributed by atoms with Crippen molar-refractivity contribution >= 4 is 5.91 Å². The Hall–Kier alpha value is -1.42. The molecule has 1 fully saturated rings. The van der Waals surface area contributed by atoms with E-state index in [2.05, 4.69) is 10.3 Å². The molecule has 0 aromatic carbocycles.